The Labute approximate surface area is 718 Å². The fraction of sp³-hybridized carbons (Fsp3) is 0.354. The van der Waals surface area contributed by atoms with Crippen LogP contribution in [0.25, 0.3) is 0 Å². The van der Waals surface area contributed by atoms with Crippen LogP contribution < -0.4 is 36.8 Å². The molecule has 22 nitrogen and oxygen atoms in total. The van der Waals surface area contributed by atoms with Crippen LogP contribution in [0.4, 0.5) is 0 Å². The lowest BCUT2D eigenvalue weighted by atomic mass is 9.74. The average molecular weight is 1730 g/mol. The van der Waals surface area contributed by atoms with E-state index in [9.17, 15) is 19.8 Å². The van der Waals surface area contributed by atoms with Crippen molar-refractivity contribution in [1.82, 2.24) is 20.4 Å². The number of carbonyl (C=O) groups excluding carboxylic acids is 2. The number of nitrogens with zero attached hydrogens (tertiary/aromatic N) is 2. The van der Waals surface area contributed by atoms with E-state index in [-0.39, 0.29) is 199 Å². The van der Waals surface area contributed by atoms with Crippen LogP contribution >= 0.6 is 0 Å². The molecule has 0 fully saturated rings. The number of fused-ring (bicyclic) bond motifs is 12. The minimum Gasteiger partial charge on any atom is -0.507 e. The van der Waals surface area contributed by atoms with E-state index in [1.54, 1.807) is 110 Å². The maximum Gasteiger partial charge on any atom is 0.339 e. The first-order valence-corrected chi connectivity index (χ1v) is 47.0. The van der Waals surface area contributed by atoms with Gasteiger partial charge in [0, 0.05) is 107 Å². The summed E-state index contributed by atoms with van der Waals surface area (Å²) < 4.78 is 166. The van der Waals surface area contributed by atoms with Gasteiger partial charge in [0.15, 0.2) is 23.0 Å². The van der Waals surface area contributed by atoms with E-state index in [1.165, 1.54) is 74.8 Å². The number of ether oxygens (including phenoxy) is 2. The molecule has 26 heteroatoms. The number of likely N-dealkylation sites (N-methyl/N-ethyl adjacent to an activating group) is 2. The predicted molar refractivity (Wildman–Crippen MR) is 468 cm³/mol. The number of aryl methyl sites for hydroxylation is 4. The van der Waals surface area contributed by atoms with E-state index in [4.69, 9.17) is 26.2 Å². The van der Waals surface area contributed by atoms with Gasteiger partial charge in [-0.2, -0.15) is 33.7 Å². The third-order valence-electron chi connectivity index (χ3n) is 23.0. The lowest BCUT2D eigenvalue weighted by Gasteiger charge is -2.39. The van der Waals surface area contributed by atoms with Crippen LogP contribution in [0.15, 0.2) is 214 Å². The number of benzene rings is 10. The molecule has 13 rings (SSSR count). The molecular weight excluding hydrogens is 1630 g/mol. The Bertz CT molecular complexity index is 5630. The summed E-state index contributed by atoms with van der Waals surface area (Å²) in [5.74, 6) is -8.71. The number of rotatable bonds is 28. The Morgan fingerprint density at radius 2 is 0.615 bits per heavy atom. The van der Waals surface area contributed by atoms with Gasteiger partial charge in [-0.15, -0.1) is 0 Å². The number of nitrogens with one attached hydrogen (secondary N) is 2. The van der Waals surface area contributed by atoms with Crippen molar-refractivity contribution < 1.29 is 79.7 Å². The quantitative estimate of drug-likeness (QED) is 0.0331. The average Bonchev–Trinajstić information content (AvgIpc) is 0.726. The zero-order chi connectivity index (χ0) is 87.6. The Hall–Kier alpha value is -10.7. The second-order valence-corrected chi connectivity index (χ2v) is 40.3. The van der Waals surface area contributed by atoms with Crippen molar-refractivity contribution in [1.29, 1.82) is 0 Å². The molecule has 0 aromatic heterocycles. The summed E-state index contributed by atoms with van der Waals surface area (Å²) in [7, 11) is -16.7. The molecule has 3 aliphatic rings. The SMILES string of the molecule is CNC(=O)[C@H](Cc1ccccc1)N1COc2c3cc(c(O)c2C1)[C@@H](CC(C)C)c1cc(c(OS(=O)(=O)c2ccc(C)cc2)cc1OS(=O)(=O)c1ccc(C)cc1)[C@@H](CC(C)C)c1cc(c(O)c2c1OCN([C@@H](Cc1ccccc1)C(=O)NC)C2)[C@@H](CC(C)C)c1cc(c(OS(=O)(=O)c2ccc(C)cc2)cc1OS(=O)(=O)c1ccc(C)cc1)[C@H]3CC(C)C. The highest BCUT2D eigenvalue weighted by Gasteiger charge is 2.44. The lowest BCUT2D eigenvalue weighted by Crippen LogP contribution is -2.49. The highest BCUT2D eigenvalue weighted by atomic mass is 32.2. The molecule has 8 bridgehead atoms. The minimum atomic E-state index is -4.94. The van der Waals surface area contributed by atoms with E-state index in [0.717, 1.165) is 33.4 Å². The Balaban J connectivity index is 1.24. The number of carbonyl (C=O) groups is 2. The van der Waals surface area contributed by atoms with Gasteiger partial charge >= 0.3 is 40.5 Å². The molecule has 0 saturated heterocycles. The van der Waals surface area contributed by atoms with E-state index in [1.807, 2.05) is 116 Å². The predicted octanol–water partition coefficient (Wildman–Crippen LogP) is 17.4. The largest absolute Gasteiger partial charge is 0.507 e. The number of phenols is 2. The molecule has 1 aliphatic carbocycles. The van der Waals surface area contributed by atoms with E-state index >= 15 is 33.7 Å². The van der Waals surface area contributed by atoms with E-state index in [2.05, 4.69) is 10.6 Å². The van der Waals surface area contributed by atoms with Crippen molar-refractivity contribution >= 4 is 52.3 Å². The van der Waals surface area contributed by atoms with Crippen molar-refractivity contribution in [2.24, 2.45) is 23.7 Å². The summed E-state index contributed by atoms with van der Waals surface area (Å²) >= 11 is 0. The summed E-state index contributed by atoms with van der Waals surface area (Å²) in [6.07, 6.45) is 0.761. The summed E-state index contributed by atoms with van der Waals surface area (Å²) in [5.41, 5.74) is 6.43. The van der Waals surface area contributed by atoms with Gasteiger partial charge in [-0.1, -0.05) is 187 Å². The van der Waals surface area contributed by atoms with Crippen LogP contribution in [0.2, 0.25) is 0 Å². The number of hydrogen-bond donors (Lipinski definition) is 4. The van der Waals surface area contributed by atoms with Crippen LogP contribution in [-0.2, 0) is 76.0 Å². The van der Waals surface area contributed by atoms with E-state index in [0.29, 0.717) is 11.1 Å². The van der Waals surface area contributed by atoms with Crippen molar-refractivity contribution in [3.63, 3.8) is 0 Å². The summed E-state index contributed by atoms with van der Waals surface area (Å²) in [6.45, 7) is 22.0. The van der Waals surface area contributed by atoms with Crippen molar-refractivity contribution in [3.8, 4) is 46.0 Å². The van der Waals surface area contributed by atoms with Gasteiger partial charge in [-0.25, -0.2) is 0 Å². The van der Waals surface area contributed by atoms with Gasteiger partial charge in [-0.05, 0) is 174 Å². The van der Waals surface area contributed by atoms with Gasteiger partial charge in [0.1, 0.15) is 56.0 Å². The molecule has 2 aliphatic heterocycles. The molecule has 2 amide bonds. The first-order chi connectivity index (χ1) is 57.9. The maximum atomic E-state index is 15.6. The van der Waals surface area contributed by atoms with Gasteiger partial charge in [-0.3, -0.25) is 19.4 Å². The van der Waals surface area contributed by atoms with Crippen molar-refractivity contribution in [2.75, 3.05) is 27.6 Å². The third-order valence-corrected chi connectivity index (χ3v) is 28.0. The van der Waals surface area contributed by atoms with Crippen molar-refractivity contribution in [2.45, 2.75) is 190 Å². The minimum absolute atomic E-state index is 0.0794. The summed E-state index contributed by atoms with van der Waals surface area (Å²) in [6, 6.07) is 50.5. The number of aromatic hydroxyl groups is 2. The van der Waals surface area contributed by atoms with Crippen LogP contribution in [0.3, 0.4) is 0 Å². The molecule has 0 radical (unpaired) electrons. The molecule has 0 spiro atoms. The molecule has 10 aromatic rings. The lowest BCUT2D eigenvalue weighted by molar-refractivity contribution is -0.128. The zero-order valence-electron chi connectivity index (χ0n) is 71.3. The highest BCUT2D eigenvalue weighted by Crippen LogP contribution is 2.58. The second-order valence-electron chi connectivity index (χ2n) is 34.1. The fourth-order valence-electron chi connectivity index (χ4n) is 16.8. The number of hydrogen-bond acceptors (Lipinski definition) is 20. The van der Waals surface area contributed by atoms with Gasteiger partial charge in [0.05, 0.1) is 23.2 Å². The van der Waals surface area contributed by atoms with Crippen LogP contribution in [-0.4, -0.2) is 105 Å². The molecule has 4 N–H and O–H groups in total. The standard InChI is InChI=1S/C96H108N4O18S4/c1-57(2)41-71-75-47-77(89(117-121(109,110)69-37-29-63(11)30-38-69)51-87(75)115-119(105,106)67-33-25-61(9)26-34-67)73(43-59(5)6)82-50-80(92(102)84-54-100(56-114-94(82)84)86(96(104)98-14)46-66-23-19-16-20-24-66)72(42-58(3)4)76-48-78(90(118-122(111,112)70-39-31-64(12)32-40-70)52-88(76)116-120(107,108)68-35-27-62(10)28-36-68)74(44-60(7)8)81-49-79(71)91(101)83-53-99(55-113-93(81)83)85(95(103)97-13)45-65-21-17-15-18-22-65/h15-40,47-52,57-60,71-74,85-86,101-102H,41-46,53-56H2,1-14H3,(H,97,103)(H,98,104)/t71-,72-,73+,74+,85-,86-/m0/s1. The number of phenolic OH excluding ortho intramolecular Hbond substituents is 2. The Morgan fingerprint density at radius 1 is 0.369 bits per heavy atom. The summed E-state index contributed by atoms with van der Waals surface area (Å²) in [4.78, 5) is 31.8. The Kier molecular flexibility index (Phi) is 26.8. The first kappa shape index (κ1) is 89.0. The first-order valence-electron chi connectivity index (χ1n) is 41.3. The molecule has 0 saturated carbocycles. The summed E-state index contributed by atoms with van der Waals surface area (Å²) in [5, 5.41) is 34.1. The van der Waals surface area contributed by atoms with Crippen LogP contribution in [0.1, 0.15) is 194 Å². The van der Waals surface area contributed by atoms with Crippen LogP contribution in [0, 0.1) is 51.4 Å². The van der Waals surface area contributed by atoms with Crippen LogP contribution in [0.5, 0.6) is 46.0 Å². The monoisotopic (exact) mass is 1730 g/mol. The second kappa shape index (κ2) is 36.7. The fourth-order valence-corrected chi connectivity index (χ4v) is 20.6. The molecule has 0 unspecified atom stereocenters. The smallest absolute Gasteiger partial charge is 0.339 e. The third kappa shape index (κ3) is 19.7. The molecule has 122 heavy (non-hydrogen) atoms. The highest BCUT2D eigenvalue weighted by molar-refractivity contribution is 7.88. The van der Waals surface area contributed by atoms with Crippen molar-refractivity contribution in [3.05, 3.63) is 283 Å². The molecule has 2 heterocycles. The van der Waals surface area contributed by atoms with Gasteiger partial charge in [0.25, 0.3) is 0 Å². The van der Waals surface area contributed by atoms with E-state index < -0.39 is 87.7 Å². The molecular formula is C96H108N4O18S4. The zero-order valence-corrected chi connectivity index (χ0v) is 74.5. The Morgan fingerprint density at radius 3 is 0.861 bits per heavy atom. The van der Waals surface area contributed by atoms with Gasteiger partial charge < -0.3 is 47.1 Å². The molecule has 6 atom stereocenters. The maximum absolute atomic E-state index is 15.6. The topological polar surface area (TPSA) is 297 Å². The number of amides is 2. The molecule has 644 valence electrons. The molecule has 10 aromatic carbocycles. The van der Waals surface area contributed by atoms with Gasteiger partial charge in [0.2, 0.25) is 11.8 Å². The normalized spacial score (nSPS) is 16.9.